The molecule has 2 aliphatic heterocycles. The molecule has 4 aliphatic rings. The van der Waals surface area contributed by atoms with Crippen LogP contribution in [0.5, 0.6) is 0 Å². The molecule has 4 rings (SSSR count). The number of esters is 1. The molecule has 2 saturated heterocycles. The smallest absolute Gasteiger partial charge is 0.334 e. The largest absolute Gasteiger partial charge is 0.458 e. The first kappa shape index (κ1) is 10.8. The number of fused-ring (bicyclic) bond motifs is 2. The molecule has 0 unspecified atom stereocenters. The number of hydrogen-bond donors (Lipinski definition) is 0. The summed E-state index contributed by atoms with van der Waals surface area (Å²) in [6.45, 7) is 8.27. The number of carbonyl (C=O) groups is 1. The maximum Gasteiger partial charge on any atom is 0.334 e. The van der Waals surface area contributed by atoms with Crippen molar-refractivity contribution < 1.29 is 14.3 Å². The zero-order valence-corrected chi connectivity index (χ0v) is 10.9. The average molecular weight is 246 g/mol. The van der Waals surface area contributed by atoms with E-state index < -0.39 is 0 Å². The number of carbonyl (C=O) groups excluding carboxylic acids is 1. The predicted octanol–water partition coefficient (Wildman–Crippen LogP) is 2.37. The van der Waals surface area contributed by atoms with Crippen LogP contribution in [0.15, 0.2) is 23.8 Å². The molecule has 0 aromatic rings. The molecule has 96 valence electrons. The van der Waals surface area contributed by atoms with E-state index in [1.165, 1.54) is 5.57 Å². The van der Waals surface area contributed by atoms with Gasteiger partial charge in [-0.25, -0.2) is 4.79 Å². The second-order valence-electron chi connectivity index (χ2n) is 6.39. The molecule has 2 aliphatic carbocycles. The van der Waals surface area contributed by atoms with Crippen LogP contribution in [0.4, 0.5) is 0 Å². The fourth-order valence-corrected chi connectivity index (χ4v) is 4.45. The van der Waals surface area contributed by atoms with Crippen molar-refractivity contribution in [3.05, 3.63) is 23.8 Å². The lowest BCUT2D eigenvalue weighted by Gasteiger charge is -2.26. The molecule has 0 aromatic carbocycles. The Kier molecular flexibility index (Phi) is 1.74. The minimum atomic E-state index is -0.205. The van der Waals surface area contributed by atoms with Gasteiger partial charge in [0.15, 0.2) is 0 Å². The summed E-state index contributed by atoms with van der Waals surface area (Å²) in [5.41, 5.74) is 1.86. The third kappa shape index (κ3) is 0.993. The Morgan fingerprint density at radius 2 is 2.28 bits per heavy atom. The van der Waals surface area contributed by atoms with E-state index in [4.69, 9.17) is 9.47 Å². The molecule has 0 bridgehead atoms. The SMILES string of the molecule is C=C1C(=O)O[C@@H]2[C@@H]1CC[C@]1(C)O[C@@]13CC=C(C)[C@@H]23. The van der Waals surface area contributed by atoms with Crippen LogP contribution in [0.3, 0.4) is 0 Å². The predicted molar refractivity (Wildman–Crippen MR) is 65.8 cm³/mol. The normalized spacial score (nSPS) is 53.0. The standard InChI is InChI=1S/C15H18O3/c1-8-4-7-15-11(8)12-10(9(2)13(16)17-12)5-6-14(15,3)18-15/h4,10-12H,2,5-7H2,1,3H3/t10-,11+,12-,14+,15-/m1/s1. The fourth-order valence-electron chi connectivity index (χ4n) is 4.45. The Hall–Kier alpha value is -1.09. The second-order valence-corrected chi connectivity index (χ2v) is 6.39. The van der Waals surface area contributed by atoms with Gasteiger partial charge in [-0.3, -0.25) is 0 Å². The molecule has 18 heavy (non-hydrogen) atoms. The van der Waals surface area contributed by atoms with Crippen LogP contribution in [-0.2, 0) is 14.3 Å². The Morgan fingerprint density at radius 1 is 1.50 bits per heavy atom. The summed E-state index contributed by atoms with van der Waals surface area (Å²) < 4.78 is 11.8. The molecule has 2 heterocycles. The van der Waals surface area contributed by atoms with Gasteiger partial charge < -0.3 is 9.47 Å². The molecule has 5 atom stereocenters. The van der Waals surface area contributed by atoms with Gasteiger partial charge in [0.05, 0.1) is 5.60 Å². The minimum absolute atomic E-state index is 0.0248. The number of rotatable bonds is 0. The summed E-state index contributed by atoms with van der Waals surface area (Å²) >= 11 is 0. The molecule has 0 amide bonds. The lowest BCUT2D eigenvalue weighted by Crippen LogP contribution is -2.37. The molecular formula is C15H18O3. The van der Waals surface area contributed by atoms with Crippen molar-refractivity contribution in [2.45, 2.75) is 50.4 Å². The summed E-state index contributed by atoms with van der Waals surface area (Å²) in [6.07, 6.45) is 5.13. The van der Waals surface area contributed by atoms with Crippen LogP contribution in [0, 0.1) is 11.8 Å². The van der Waals surface area contributed by atoms with Gasteiger partial charge in [0, 0.05) is 17.4 Å². The number of epoxide rings is 1. The van der Waals surface area contributed by atoms with Gasteiger partial charge in [-0.2, -0.15) is 0 Å². The summed E-state index contributed by atoms with van der Waals surface area (Å²) in [4.78, 5) is 11.8. The van der Waals surface area contributed by atoms with E-state index in [0.29, 0.717) is 5.57 Å². The zero-order chi connectivity index (χ0) is 12.7. The van der Waals surface area contributed by atoms with Crippen LogP contribution in [0.25, 0.3) is 0 Å². The van der Waals surface area contributed by atoms with Gasteiger partial charge in [-0.1, -0.05) is 18.2 Å². The first-order valence-electron chi connectivity index (χ1n) is 6.75. The Morgan fingerprint density at radius 3 is 3.06 bits per heavy atom. The molecule has 1 spiro atoms. The monoisotopic (exact) mass is 246 g/mol. The van der Waals surface area contributed by atoms with Crippen molar-refractivity contribution in [2.75, 3.05) is 0 Å². The van der Waals surface area contributed by atoms with E-state index in [1.807, 2.05) is 0 Å². The van der Waals surface area contributed by atoms with Crippen molar-refractivity contribution in [1.82, 2.24) is 0 Å². The lowest BCUT2D eigenvalue weighted by atomic mass is 9.78. The first-order valence-corrected chi connectivity index (χ1v) is 6.75. The highest BCUT2D eigenvalue weighted by atomic mass is 16.6. The van der Waals surface area contributed by atoms with Crippen LogP contribution >= 0.6 is 0 Å². The molecule has 0 radical (unpaired) electrons. The minimum Gasteiger partial charge on any atom is -0.458 e. The van der Waals surface area contributed by atoms with Gasteiger partial charge in [-0.15, -0.1) is 0 Å². The molecular weight excluding hydrogens is 228 g/mol. The summed E-state index contributed by atoms with van der Waals surface area (Å²) in [7, 11) is 0. The molecule has 3 nitrogen and oxygen atoms in total. The van der Waals surface area contributed by atoms with E-state index in [-0.39, 0.29) is 35.1 Å². The van der Waals surface area contributed by atoms with Crippen molar-refractivity contribution in [3.63, 3.8) is 0 Å². The van der Waals surface area contributed by atoms with Crippen LogP contribution in [0.2, 0.25) is 0 Å². The fraction of sp³-hybridized carbons (Fsp3) is 0.667. The number of hydrogen-bond acceptors (Lipinski definition) is 3. The maximum absolute atomic E-state index is 11.8. The molecule has 3 fully saturated rings. The van der Waals surface area contributed by atoms with Gasteiger partial charge in [0.2, 0.25) is 0 Å². The zero-order valence-electron chi connectivity index (χ0n) is 10.9. The van der Waals surface area contributed by atoms with Gasteiger partial charge >= 0.3 is 5.97 Å². The Bertz CT molecular complexity index is 506. The summed E-state index contributed by atoms with van der Waals surface area (Å²) in [6, 6.07) is 0. The van der Waals surface area contributed by atoms with Crippen LogP contribution < -0.4 is 0 Å². The second kappa shape index (κ2) is 2.90. The molecule has 0 N–H and O–H groups in total. The van der Waals surface area contributed by atoms with Crippen molar-refractivity contribution in [1.29, 1.82) is 0 Å². The summed E-state index contributed by atoms with van der Waals surface area (Å²) in [5, 5.41) is 0. The third-order valence-corrected chi connectivity index (χ3v) is 5.59. The van der Waals surface area contributed by atoms with Crippen molar-refractivity contribution >= 4 is 5.97 Å². The van der Waals surface area contributed by atoms with Crippen molar-refractivity contribution in [3.8, 4) is 0 Å². The number of ether oxygens (including phenoxy) is 2. The van der Waals surface area contributed by atoms with Gasteiger partial charge in [0.25, 0.3) is 0 Å². The van der Waals surface area contributed by atoms with Crippen LogP contribution in [-0.4, -0.2) is 23.3 Å². The van der Waals surface area contributed by atoms with E-state index in [1.54, 1.807) is 0 Å². The van der Waals surface area contributed by atoms with Gasteiger partial charge in [0.1, 0.15) is 11.7 Å². The lowest BCUT2D eigenvalue weighted by molar-refractivity contribution is -0.141. The quantitative estimate of drug-likeness (QED) is 0.285. The highest BCUT2D eigenvalue weighted by Crippen LogP contribution is 2.67. The molecule has 1 saturated carbocycles. The highest BCUT2D eigenvalue weighted by Gasteiger charge is 2.75. The molecule has 0 aromatic heterocycles. The third-order valence-electron chi connectivity index (χ3n) is 5.59. The summed E-state index contributed by atoms with van der Waals surface area (Å²) in [5.74, 6) is 0.219. The Balaban J connectivity index is 1.81. The maximum atomic E-state index is 11.8. The average Bonchev–Trinajstić information content (AvgIpc) is 2.65. The molecule has 3 heteroatoms. The van der Waals surface area contributed by atoms with Crippen molar-refractivity contribution in [2.24, 2.45) is 11.8 Å². The van der Waals surface area contributed by atoms with Gasteiger partial charge in [-0.05, 0) is 33.1 Å². The van der Waals surface area contributed by atoms with E-state index in [9.17, 15) is 4.79 Å². The van der Waals surface area contributed by atoms with E-state index in [0.717, 1.165) is 19.3 Å². The van der Waals surface area contributed by atoms with E-state index in [2.05, 4.69) is 26.5 Å². The first-order chi connectivity index (χ1) is 8.48. The highest BCUT2D eigenvalue weighted by molar-refractivity contribution is 5.91. The Labute approximate surface area is 107 Å². The van der Waals surface area contributed by atoms with Crippen LogP contribution in [0.1, 0.15) is 33.1 Å². The van der Waals surface area contributed by atoms with E-state index >= 15 is 0 Å². The topological polar surface area (TPSA) is 38.8 Å².